The Bertz CT molecular complexity index is 937. The van der Waals surface area contributed by atoms with E-state index in [1.54, 1.807) is 31.2 Å². The first-order chi connectivity index (χ1) is 13.9. The zero-order valence-electron chi connectivity index (χ0n) is 15.8. The predicted octanol–water partition coefficient (Wildman–Crippen LogP) is 3.49. The summed E-state index contributed by atoms with van der Waals surface area (Å²) in [4.78, 5) is 25.4. The van der Waals surface area contributed by atoms with Crippen LogP contribution in [-0.4, -0.2) is 36.9 Å². The van der Waals surface area contributed by atoms with Crippen molar-refractivity contribution in [3.63, 3.8) is 0 Å². The molecular formula is C20H19F2N3O4. The first kappa shape index (κ1) is 20.2. The third-order valence-electron chi connectivity index (χ3n) is 4.59. The molecule has 2 aromatic carbocycles. The van der Waals surface area contributed by atoms with Gasteiger partial charge in [0.15, 0.2) is 11.5 Å². The Kier molecular flexibility index (Phi) is 5.76. The highest BCUT2D eigenvalue weighted by Gasteiger charge is 2.51. The number of hydrazone groups is 1. The van der Waals surface area contributed by atoms with E-state index in [4.69, 9.17) is 4.74 Å². The standard InChI is InChI=1S/C20H19F2N3O4/c1-3-20(14-7-5-4-6-8-14)17(26)25(19(27)24-20)23-12-13-9-10-15(28-2)16(11-13)29-18(21)22/h4-12,18H,3H2,1-2H3,(H,24,27)/b23-12-/t20-/m1/s1. The van der Waals surface area contributed by atoms with Crippen molar-refractivity contribution in [1.29, 1.82) is 0 Å². The van der Waals surface area contributed by atoms with E-state index in [9.17, 15) is 18.4 Å². The van der Waals surface area contributed by atoms with E-state index in [2.05, 4.69) is 15.2 Å². The molecule has 0 radical (unpaired) electrons. The minimum atomic E-state index is -3.03. The molecule has 1 aliphatic rings. The lowest BCUT2D eigenvalue weighted by atomic mass is 9.87. The number of nitrogens with one attached hydrogen (secondary N) is 1. The minimum absolute atomic E-state index is 0.117. The number of ether oxygens (including phenoxy) is 2. The largest absolute Gasteiger partial charge is 0.493 e. The number of imide groups is 1. The number of urea groups is 1. The molecule has 9 heteroatoms. The Hall–Kier alpha value is -3.49. The van der Waals surface area contributed by atoms with E-state index in [0.29, 0.717) is 17.5 Å². The molecule has 1 N–H and O–H groups in total. The van der Waals surface area contributed by atoms with Gasteiger partial charge in [0.1, 0.15) is 5.54 Å². The Morgan fingerprint density at radius 2 is 1.90 bits per heavy atom. The van der Waals surface area contributed by atoms with Crippen LogP contribution in [0, 0.1) is 0 Å². The molecule has 0 bridgehead atoms. The third-order valence-corrected chi connectivity index (χ3v) is 4.59. The molecule has 3 rings (SSSR count). The SMILES string of the molecule is CC[C@]1(c2ccccc2)NC(=O)N(/N=C\c2ccc(OC)c(OC(F)F)c2)C1=O. The second kappa shape index (κ2) is 8.26. The summed E-state index contributed by atoms with van der Waals surface area (Å²) in [6.45, 7) is -1.24. The highest BCUT2D eigenvalue weighted by molar-refractivity contribution is 6.07. The fourth-order valence-electron chi connectivity index (χ4n) is 3.11. The number of rotatable bonds is 7. The normalized spacial score (nSPS) is 19.1. The quantitative estimate of drug-likeness (QED) is 0.567. The summed E-state index contributed by atoms with van der Waals surface area (Å²) in [5.41, 5.74) is -0.217. The maximum absolute atomic E-state index is 13.0. The van der Waals surface area contributed by atoms with E-state index in [0.717, 1.165) is 5.01 Å². The fraction of sp³-hybridized carbons (Fsp3) is 0.250. The number of alkyl halides is 2. The maximum atomic E-state index is 13.0. The molecule has 0 spiro atoms. The minimum Gasteiger partial charge on any atom is -0.493 e. The van der Waals surface area contributed by atoms with Crippen molar-refractivity contribution in [1.82, 2.24) is 10.3 Å². The van der Waals surface area contributed by atoms with Gasteiger partial charge in [-0.25, -0.2) is 4.79 Å². The summed E-state index contributed by atoms with van der Waals surface area (Å²) in [6.07, 6.45) is 1.55. The van der Waals surface area contributed by atoms with Crippen LogP contribution in [0.3, 0.4) is 0 Å². The van der Waals surface area contributed by atoms with E-state index >= 15 is 0 Å². The van der Waals surface area contributed by atoms with Crippen molar-refractivity contribution >= 4 is 18.2 Å². The van der Waals surface area contributed by atoms with Gasteiger partial charge in [-0.1, -0.05) is 37.3 Å². The molecule has 2 aromatic rings. The Morgan fingerprint density at radius 1 is 1.17 bits per heavy atom. The first-order valence-electron chi connectivity index (χ1n) is 8.80. The smallest absolute Gasteiger partial charge is 0.387 e. The number of hydrogen-bond donors (Lipinski definition) is 1. The molecule has 3 amide bonds. The van der Waals surface area contributed by atoms with Gasteiger partial charge >= 0.3 is 12.6 Å². The van der Waals surface area contributed by atoms with Crippen molar-refractivity contribution < 1.29 is 27.8 Å². The van der Waals surface area contributed by atoms with Gasteiger partial charge in [0.25, 0.3) is 5.91 Å². The van der Waals surface area contributed by atoms with Gasteiger partial charge in [0, 0.05) is 0 Å². The number of amides is 3. The van der Waals surface area contributed by atoms with E-state index in [-0.39, 0.29) is 11.5 Å². The van der Waals surface area contributed by atoms with Crippen molar-refractivity contribution in [3.8, 4) is 11.5 Å². The number of benzene rings is 2. The monoisotopic (exact) mass is 403 g/mol. The third kappa shape index (κ3) is 3.89. The molecule has 1 atom stereocenters. The van der Waals surface area contributed by atoms with Crippen molar-refractivity contribution in [2.24, 2.45) is 5.10 Å². The molecule has 0 aliphatic carbocycles. The van der Waals surface area contributed by atoms with Crippen LogP contribution in [0.25, 0.3) is 0 Å². The number of hydrogen-bond acceptors (Lipinski definition) is 5. The van der Waals surface area contributed by atoms with Gasteiger partial charge in [0.05, 0.1) is 13.3 Å². The predicted molar refractivity (Wildman–Crippen MR) is 101 cm³/mol. The lowest BCUT2D eigenvalue weighted by Crippen LogP contribution is -2.43. The Morgan fingerprint density at radius 3 is 2.52 bits per heavy atom. The van der Waals surface area contributed by atoms with Crippen LogP contribution in [0.5, 0.6) is 11.5 Å². The van der Waals surface area contributed by atoms with Crippen LogP contribution in [0.15, 0.2) is 53.6 Å². The average molecular weight is 403 g/mol. The molecule has 1 aliphatic heterocycles. The maximum Gasteiger partial charge on any atom is 0.387 e. The molecule has 29 heavy (non-hydrogen) atoms. The van der Waals surface area contributed by atoms with Gasteiger partial charge in [-0.05, 0) is 35.7 Å². The lowest BCUT2D eigenvalue weighted by Gasteiger charge is -2.24. The van der Waals surface area contributed by atoms with Crippen LogP contribution in [-0.2, 0) is 10.3 Å². The average Bonchev–Trinajstić information content (AvgIpc) is 2.97. The van der Waals surface area contributed by atoms with Crippen LogP contribution in [0.4, 0.5) is 13.6 Å². The Labute approximate surface area is 165 Å². The van der Waals surface area contributed by atoms with E-state index < -0.39 is 24.1 Å². The number of nitrogens with zero attached hydrogens (tertiary/aromatic N) is 2. The molecule has 0 aromatic heterocycles. The molecule has 1 saturated heterocycles. The lowest BCUT2D eigenvalue weighted by molar-refractivity contribution is -0.131. The molecular weight excluding hydrogens is 384 g/mol. The highest BCUT2D eigenvalue weighted by atomic mass is 19.3. The summed E-state index contributed by atoms with van der Waals surface area (Å²) in [5.74, 6) is -0.590. The molecule has 0 saturated carbocycles. The van der Waals surface area contributed by atoms with Crippen molar-refractivity contribution in [2.75, 3.05) is 7.11 Å². The second-order valence-corrected chi connectivity index (χ2v) is 6.21. The van der Waals surface area contributed by atoms with Gasteiger partial charge in [-0.15, -0.1) is 5.01 Å². The number of halogens is 2. The topological polar surface area (TPSA) is 80.2 Å². The fourth-order valence-corrected chi connectivity index (χ4v) is 3.11. The molecule has 1 heterocycles. The number of carbonyl (C=O) groups is 2. The van der Waals surface area contributed by atoms with Crippen LogP contribution >= 0.6 is 0 Å². The van der Waals surface area contributed by atoms with Gasteiger partial charge < -0.3 is 14.8 Å². The van der Waals surface area contributed by atoms with E-state index in [1.165, 1.54) is 31.5 Å². The van der Waals surface area contributed by atoms with Crippen molar-refractivity contribution in [3.05, 3.63) is 59.7 Å². The molecule has 152 valence electrons. The zero-order chi connectivity index (χ0) is 21.0. The van der Waals surface area contributed by atoms with Crippen molar-refractivity contribution in [2.45, 2.75) is 25.5 Å². The summed E-state index contributed by atoms with van der Waals surface area (Å²) in [7, 11) is 1.32. The summed E-state index contributed by atoms with van der Waals surface area (Å²) in [5, 5.41) is 7.40. The Balaban J connectivity index is 1.88. The molecule has 7 nitrogen and oxygen atoms in total. The summed E-state index contributed by atoms with van der Waals surface area (Å²) in [6, 6.07) is 12.4. The van der Waals surface area contributed by atoms with Gasteiger partial charge in [0.2, 0.25) is 0 Å². The molecule has 0 unspecified atom stereocenters. The van der Waals surface area contributed by atoms with Crippen LogP contribution < -0.4 is 14.8 Å². The number of methoxy groups -OCH3 is 1. The summed E-state index contributed by atoms with van der Waals surface area (Å²) >= 11 is 0. The van der Waals surface area contributed by atoms with Gasteiger partial charge in [-0.3, -0.25) is 4.79 Å². The highest BCUT2D eigenvalue weighted by Crippen LogP contribution is 2.33. The van der Waals surface area contributed by atoms with Crippen LogP contribution in [0.2, 0.25) is 0 Å². The summed E-state index contributed by atoms with van der Waals surface area (Å²) < 4.78 is 34.5. The van der Waals surface area contributed by atoms with E-state index in [1.807, 2.05) is 6.07 Å². The second-order valence-electron chi connectivity index (χ2n) is 6.21. The molecule has 1 fully saturated rings. The van der Waals surface area contributed by atoms with Gasteiger partial charge in [-0.2, -0.15) is 13.9 Å². The zero-order valence-corrected chi connectivity index (χ0v) is 15.8. The first-order valence-corrected chi connectivity index (χ1v) is 8.80. The van der Waals surface area contributed by atoms with Crippen LogP contribution in [0.1, 0.15) is 24.5 Å². The number of carbonyl (C=O) groups excluding carboxylic acids is 2.